The van der Waals surface area contributed by atoms with Gasteiger partial charge >= 0.3 is 0 Å². The first-order chi connectivity index (χ1) is 5.90. The van der Waals surface area contributed by atoms with Crippen LogP contribution in [-0.4, -0.2) is 23.0 Å². The number of hydrogen-bond donors (Lipinski definition) is 0. The summed E-state index contributed by atoms with van der Waals surface area (Å²) in [4.78, 5) is 0. The summed E-state index contributed by atoms with van der Waals surface area (Å²) < 4.78 is 7.23. The van der Waals surface area contributed by atoms with Crippen molar-refractivity contribution in [1.82, 2.24) is 9.78 Å². The molecule has 1 saturated heterocycles. The minimum Gasteiger partial charge on any atom is -0.379 e. The maximum Gasteiger partial charge on any atom is 0.0774 e. The largest absolute Gasteiger partial charge is 0.379 e. The average molecular weight is 164 g/mol. The fourth-order valence-electron chi connectivity index (χ4n) is 1.39. The second kappa shape index (κ2) is 3.11. The lowest BCUT2D eigenvalue weighted by Crippen LogP contribution is -2.08. The second-order valence-corrected chi connectivity index (χ2v) is 2.98. The standard InChI is InChI=1S/C9H12N2O/c1-2-8-5-10-11(6-8)9-3-4-12-7-9/h2,5-6,9H,1,3-4,7H2. The van der Waals surface area contributed by atoms with Crippen molar-refractivity contribution in [2.75, 3.05) is 13.2 Å². The molecule has 0 aromatic carbocycles. The second-order valence-electron chi connectivity index (χ2n) is 2.98. The molecule has 0 spiro atoms. The molecule has 1 aliphatic heterocycles. The van der Waals surface area contributed by atoms with E-state index in [2.05, 4.69) is 11.7 Å². The summed E-state index contributed by atoms with van der Waals surface area (Å²) in [5, 5.41) is 4.23. The molecule has 1 aromatic rings. The van der Waals surface area contributed by atoms with Gasteiger partial charge in [0, 0.05) is 18.4 Å². The van der Waals surface area contributed by atoms with Crippen LogP contribution in [0.5, 0.6) is 0 Å². The monoisotopic (exact) mass is 164 g/mol. The number of nitrogens with zero attached hydrogens (tertiary/aromatic N) is 2. The molecule has 1 aromatic heterocycles. The molecule has 0 amide bonds. The Morgan fingerprint density at radius 3 is 3.25 bits per heavy atom. The van der Waals surface area contributed by atoms with E-state index < -0.39 is 0 Å². The molecule has 0 radical (unpaired) electrons. The third kappa shape index (κ3) is 1.28. The highest BCUT2D eigenvalue weighted by Gasteiger charge is 2.17. The van der Waals surface area contributed by atoms with E-state index in [1.165, 1.54) is 0 Å². The molecule has 3 heteroatoms. The zero-order valence-electron chi connectivity index (χ0n) is 6.94. The van der Waals surface area contributed by atoms with Gasteiger partial charge in [-0.05, 0) is 6.42 Å². The quantitative estimate of drug-likeness (QED) is 0.662. The minimum atomic E-state index is 0.429. The highest BCUT2D eigenvalue weighted by atomic mass is 16.5. The number of hydrogen-bond acceptors (Lipinski definition) is 2. The Kier molecular flexibility index (Phi) is 1.96. The van der Waals surface area contributed by atoms with Crippen LogP contribution < -0.4 is 0 Å². The van der Waals surface area contributed by atoms with Crippen molar-refractivity contribution in [2.24, 2.45) is 0 Å². The molecule has 1 atom stereocenters. The van der Waals surface area contributed by atoms with Crippen LogP contribution in [0.25, 0.3) is 6.08 Å². The molecule has 2 heterocycles. The van der Waals surface area contributed by atoms with Crippen molar-refractivity contribution in [1.29, 1.82) is 0 Å². The van der Waals surface area contributed by atoms with Gasteiger partial charge in [-0.3, -0.25) is 4.68 Å². The normalized spacial score (nSPS) is 22.8. The summed E-state index contributed by atoms with van der Waals surface area (Å²) in [7, 11) is 0. The number of rotatable bonds is 2. The van der Waals surface area contributed by atoms with E-state index in [1.807, 2.05) is 17.1 Å². The fourth-order valence-corrected chi connectivity index (χ4v) is 1.39. The van der Waals surface area contributed by atoms with E-state index in [1.54, 1.807) is 6.08 Å². The van der Waals surface area contributed by atoms with Crippen LogP contribution in [0.15, 0.2) is 19.0 Å². The lowest BCUT2D eigenvalue weighted by molar-refractivity contribution is 0.184. The Balaban J connectivity index is 2.16. The Hall–Kier alpha value is -1.09. The Labute approximate surface area is 71.6 Å². The van der Waals surface area contributed by atoms with Crippen LogP contribution in [0.2, 0.25) is 0 Å². The third-order valence-electron chi connectivity index (χ3n) is 2.14. The van der Waals surface area contributed by atoms with Crippen LogP contribution >= 0.6 is 0 Å². The zero-order chi connectivity index (χ0) is 8.39. The summed E-state index contributed by atoms with van der Waals surface area (Å²) in [6.45, 7) is 5.33. The number of aromatic nitrogens is 2. The van der Waals surface area contributed by atoms with Gasteiger partial charge in [0.05, 0.1) is 18.8 Å². The first kappa shape index (κ1) is 7.55. The molecule has 64 valence electrons. The predicted octanol–water partition coefficient (Wildman–Crippen LogP) is 1.49. The van der Waals surface area contributed by atoms with Crippen LogP contribution in [0, 0.1) is 0 Å². The highest BCUT2D eigenvalue weighted by molar-refractivity contribution is 5.43. The van der Waals surface area contributed by atoms with Gasteiger partial charge in [0.2, 0.25) is 0 Å². The van der Waals surface area contributed by atoms with Crippen LogP contribution in [0.1, 0.15) is 18.0 Å². The Bertz CT molecular complexity index is 274. The highest BCUT2D eigenvalue weighted by Crippen LogP contribution is 2.18. The zero-order valence-corrected chi connectivity index (χ0v) is 6.94. The molecule has 12 heavy (non-hydrogen) atoms. The maximum absolute atomic E-state index is 5.27. The van der Waals surface area contributed by atoms with Crippen molar-refractivity contribution in [3.63, 3.8) is 0 Å². The van der Waals surface area contributed by atoms with E-state index in [0.29, 0.717) is 6.04 Å². The fraction of sp³-hybridized carbons (Fsp3) is 0.444. The van der Waals surface area contributed by atoms with Crippen LogP contribution in [0.3, 0.4) is 0 Å². The van der Waals surface area contributed by atoms with Crippen molar-refractivity contribution in [3.8, 4) is 0 Å². The summed E-state index contributed by atoms with van der Waals surface area (Å²) in [5.41, 5.74) is 1.07. The smallest absolute Gasteiger partial charge is 0.0774 e. The van der Waals surface area contributed by atoms with Gasteiger partial charge in [-0.15, -0.1) is 0 Å². The number of ether oxygens (including phenoxy) is 1. The van der Waals surface area contributed by atoms with Gasteiger partial charge < -0.3 is 4.74 Å². The van der Waals surface area contributed by atoms with Gasteiger partial charge in [0.1, 0.15) is 0 Å². The molecule has 1 aliphatic rings. The van der Waals surface area contributed by atoms with Gasteiger partial charge in [-0.2, -0.15) is 5.10 Å². The van der Waals surface area contributed by atoms with E-state index >= 15 is 0 Å². The van der Waals surface area contributed by atoms with Gasteiger partial charge in [-0.1, -0.05) is 12.7 Å². The lowest BCUT2D eigenvalue weighted by Gasteiger charge is -2.06. The summed E-state index contributed by atoms with van der Waals surface area (Å²) in [5.74, 6) is 0. The average Bonchev–Trinajstić information content (AvgIpc) is 2.75. The van der Waals surface area contributed by atoms with Crippen LogP contribution in [0.4, 0.5) is 0 Å². The van der Waals surface area contributed by atoms with Gasteiger partial charge in [-0.25, -0.2) is 0 Å². The summed E-state index contributed by atoms with van der Waals surface area (Å²) in [6, 6.07) is 0.429. The SMILES string of the molecule is C=Cc1cnn(C2CCOC2)c1. The Morgan fingerprint density at radius 2 is 2.67 bits per heavy atom. The third-order valence-corrected chi connectivity index (χ3v) is 2.14. The molecule has 1 fully saturated rings. The first-order valence-corrected chi connectivity index (χ1v) is 4.14. The first-order valence-electron chi connectivity index (χ1n) is 4.14. The van der Waals surface area contributed by atoms with E-state index in [0.717, 1.165) is 25.2 Å². The lowest BCUT2D eigenvalue weighted by atomic mass is 10.3. The molecule has 2 rings (SSSR count). The van der Waals surface area contributed by atoms with E-state index in [4.69, 9.17) is 4.74 Å². The van der Waals surface area contributed by atoms with Crippen molar-refractivity contribution in [2.45, 2.75) is 12.5 Å². The Morgan fingerprint density at radius 1 is 1.75 bits per heavy atom. The molecule has 1 unspecified atom stereocenters. The van der Waals surface area contributed by atoms with Crippen molar-refractivity contribution >= 4 is 6.08 Å². The molecular weight excluding hydrogens is 152 g/mol. The molecular formula is C9H12N2O. The van der Waals surface area contributed by atoms with Gasteiger partial charge in [0.25, 0.3) is 0 Å². The van der Waals surface area contributed by atoms with E-state index in [-0.39, 0.29) is 0 Å². The van der Waals surface area contributed by atoms with Crippen molar-refractivity contribution < 1.29 is 4.74 Å². The maximum atomic E-state index is 5.27. The molecule has 3 nitrogen and oxygen atoms in total. The molecule has 0 aliphatic carbocycles. The molecule has 0 bridgehead atoms. The minimum absolute atomic E-state index is 0.429. The summed E-state index contributed by atoms with van der Waals surface area (Å²) >= 11 is 0. The molecule has 0 saturated carbocycles. The molecule has 0 N–H and O–H groups in total. The topological polar surface area (TPSA) is 27.1 Å². The summed E-state index contributed by atoms with van der Waals surface area (Å²) in [6.07, 6.45) is 6.70. The van der Waals surface area contributed by atoms with Crippen LogP contribution in [-0.2, 0) is 4.74 Å². The van der Waals surface area contributed by atoms with Gasteiger partial charge in [0.15, 0.2) is 0 Å². The van der Waals surface area contributed by atoms with Crippen molar-refractivity contribution in [3.05, 3.63) is 24.5 Å². The van der Waals surface area contributed by atoms with E-state index in [9.17, 15) is 0 Å². The predicted molar refractivity (Wildman–Crippen MR) is 46.8 cm³/mol.